The van der Waals surface area contributed by atoms with Crippen LogP contribution in [-0.2, 0) is 6.54 Å². The van der Waals surface area contributed by atoms with Gasteiger partial charge in [-0.1, -0.05) is 30.0 Å². The third-order valence-electron chi connectivity index (χ3n) is 4.54. The molecule has 1 fully saturated rings. The normalized spacial score (nSPS) is 16.3. The Bertz CT molecular complexity index is 980. The fourth-order valence-electron chi connectivity index (χ4n) is 3.23. The number of nitriles is 1. The maximum atomic E-state index is 13.0. The maximum absolute atomic E-state index is 13.0. The van der Waals surface area contributed by atoms with Crippen LogP contribution in [0.4, 0.5) is 5.95 Å². The van der Waals surface area contributed by atoms with E-state index in [9.17, 15) is 10.1 Å². The topological polar surface area (TPSA) is 108 Å². The van der Waals surface area contributed by atoms with Crippen molar-refractivity contribution in [2.75, 3.05) is 24.6 Å². The molecule has 1 aliphatic rings. The first-order valence-electron chi connectivity index (χ1n) is 8.82. The van der Waals surface area contributed by atoms with Crippen molar-refractivity contribution in [3.05, 3.63) is 57.5 Å². The summed E-state index contributed by atoms with van der Waals surface area (Å²) in [5, 5.41) is 18.3. The fraction of sp³-hybridized carbons (Fsp3) is 0.350. The minimum atomic E-state index is -0.334. The number of aromatic nitrogens is 2. The summed E-state index contributed by atoms with van der Waals surface area (Å²) in [6.45, 7) is 1.26. The Morgan fingerprint density at radius 1 is 1.33 bits per heavy atom. The van der Waals surface area contributed by atoms with Crippen LogP contribution in [0.5, 0.6) is 0 Å². The van der Waals surface area contributed by atoms with Crippen molar-refractivity contribution in [1.82, 2.24) is 9.55 Å². The van der Waals surface area contributed by atoms with Gasteiger partial charge in [0, 0.05) is 19.1 Å². The van der Waals surface area contributed by atoms with Crippen molar-refractivity contribution in [1.29, 1.82) is 5.26 Å². The first kappa shape index (κ1) is 18.7. The summed E-state index contributed by atoms with van der Waals surface area (Å²) >= 11 is 0. The first-order chi connectivity index (χ1) is 13.1. The fourth-order valence-corrected chi connectivity index (χ4v) is 3.23. The molecule has 1 aromatic heterocycles. The molecule has 1 atom stereocenters. The van der Waals surface area contributed by atoms with Gasteiger partial charge < -0.3 is 15.7 Å². The predicted octanol–water partition coefficient (Wildman–Crippen LogP) is 0.435. The molecular weight excluding hydrogens is 342 g/mol. The number of benzene rings is 1. The highest BCUT2D eigenvalue weighted by molar-refractivity contribution is 5.42. The molecule has 7 nitrogen and oxygen atoms in total. The molecule has 138 valence electrons. The molecular formula is C20H21N5O2. The lowest BCUT2D eigenvalue weighted by atomic mass is 10.1. The number of hydrogen-bond acceptors (Lipinski definition) is 6. The number of aliphatic hydroxyl groups is 1. The molecule has 7 heteroatoms. The van der Waals surface area contributed by atoms with Crippen molar-refractivity contribution >= 4 is 5.95 Å². The summed E-state index contributed by atoms with van der Waals surface area (Å²) in [6, 6.07) is 9.36. The second-order valence-electron chi connectivity index (χ2n) is 6.44. The van der Waals surface area contributed by atoms with E-state index in [1.54, 1.807) is 12.1 Å². The molecule has 1 aromatic carbocycles. The zero-order valence-corrected chi connectivity index (χ0v) is 14.9. The van der Waals surface area contributed by atoms with Crippen molar-refractivity contribution in [3.63, 3.8) is 0 Å². The zero-order valence-electron chi connectivity index (χ0n) is 14.9. The van der Waals surface area contributed by atoms with Gasteiger partial charge in [0.25, 0.3) is 5.56 Å². The van der Waals surface area contributed by atoms with Crippen LogP contribution in [0.1, 0.15) is 29.5 Å². The van der Waals surface area contributed by atoms with E-state index in [4.69, 9.17) is 10.8 Å². The standard InChI is InChI=1S/C20H21N5O2/c21-11-15-5-1-2-6-17(15)13-25-19(27)16(7-4-10-26)12-23-20(25)24-9-3-8-18(22)14-24/h1-2,5-6,12,18,26H,3,8-10,13-14,22H2/t18-/m1/s1. The van der Waals surface area contributed by atoms with E-state index in [-0.39, 0.29) is 30.3 Å². The summed E-state index contributed by atoms with van der Waals surface area (Å²) in [5.41, 5.74) is 7.25. The van der Waals surface area contributed by atoms with Gasteiger partial charge in [-0.15, -0.1) is 0 Å². The van der Waals surface area contributed by atoms with Crippen LogP contribution in [0.25, 0.3) is 0 Å². The molecule has 27 heavy (non-hydrogen) atoms. The van der Waals surface area contributed by atoms with E-state index < -0.39 is 0 Å². The highest BCUT2D eigenvalue weighted by atomic mass is 16.2. The summed E-state index contributed by atoms with van der Waals surface area (Å²) in [5.74, 6) is 5.67. The summed E-state index contributed by atoms with van der Waals surface area (Å²) in [4.78, 5) is 19.5. The van der Waals surface area contributed by atoms with Gasteiger partial charge in [-0.05, 0) is 24.5 Å². The number of nitrogens with zero attached hydrogens (tertiary/aromatic N) is 4. The Morgan fingerprint density at radius 2 is 2.15 bits per heavy atom. The largest absolute Gasteiger partial charge is 0.384 e. The summed E-state index contributed by atoms with van der Waals surface area (Å²) < 4.78 is 1.54. The first-order valence-corrected chi connectivity index (χ1v) is 8.82. The Hall–Kier alpha value is -3.13. The molecule has 0 bridgehead atoms. The van der Waals surface area contributed by atoms with E-state index in [0.717, 1.165) is 24.9 Å². The molecule has 0 aliphatic carbocycles. The maximum Gasteiger partial charge on any atom is 0.270 e. The number of piperidine rings is 1. The minimum absolute atomic E-state index is 0.0318. The highest BCUT2D eigenvalue weighted by Gasteiger charge is 2.22. The SMILES string of the molecule is N#Cc1ccccc1Cn1c(N2CCC[C@@H](N)C2)ncc(C#CCO)c1=O. The third-order valence-corrected chi connectivity index (χ3v) is 4.54. The van der Waals surface area contributed by atoms with Crippen LogP contribution < -0.4 is 16.2 Å². The molecule has 1 aliphatic heterocycles. The van der Waals surface area contributed by atoms with Crippen molar-refractivity contribution < 1.29 is 5.11 Å². The molecule has 0 amide bonds. The van der Waals surface area contributed by atoms with Gasteiger partial charge in [0.15, 0.2) is 0 Å². The van der Waals surface area contributed by atoms with Crippen molar-refractivity contribution in [2.24, 2.45) is 5.73 Å². The monoisotopic (exact) mass is 363 g/mol. The highest BCUT2D eigenvalue weighted by Crippen LogP contribution is 2.18. The van der Waals surface area contributed by atoms with Crippen molar-refractivity contribution in [3.8, 4) is 17.9 Å². The third kappa shape index (κ3) is 4.17. The average molecular weight is 363 g/mol. The van der Waals surface area contributed by atoms with Gasteiger partial charge in [0.1, 0.15) is 12.2 Å². The molecule has 3 rings (SSSR count). The Labute approximate surface area is 157 Å². The number of nitrogens with two attached hydrogens (primary N) is 1. The van der Waals surface area contributed by atoms with Crippen molar-refractivity contribution in [2.45, 2.75) is 25.4 Å². The van der Waals surface area contributed by atoms with Gasteiger partial charge in [-0.3, -0.25) is 9.36 Å². The van der Waals surface area contributed by atoms with Gasteiger partial charge in [-0.2, -0.15) is 5.26 Å². The van der Waals surface area contributed by atoms with E-state index in [2.05, 4.69) is 22.9 Å². The van der Waals surface area contributed by atoms with Gasteiger partial charge in [0.05, 0.1) is 24.4 Å². The Morgan fingerprint density at radius 3 is 2.89 bits per heavy atom. The number of aliphatic hydroxyl groups excluding tert-OH is 1. The summed E-state index contributed by atoms with van der Waals surface area (Å²) in [7, 11) is 0. The average Bonchev–Trinajstić information content (AvgIpc) is 2.69. The number of anilines is 1. The van der Waals surface area contributed by atoms with Gasteiger partial charge in [-0.25, -0.2) is 4.98 Å². The van der Waals surface area contributed by atoms with Crippen LogP contribution in [0.3, 0.4) is 0 Å². The predicted molar refractivity (Wildman–Crippen MR) is 102 cm³/mol. The second kappa shape index (κ2) is 8.50. The second-order valence-corrected chi connectivity index (χ2v) is 6.44. The molecule has 0 radical (unpaired) electrons. The van der Waals surface area contributed by atoms with E-state index in [0.29, 0.717) is 18.1 Å². The smallest absolute Gasteiger partial charge is 0.270 e. The van der Waals surface area contributed by atoms with E-state index >= 15 is 0 Å². The Kier molecular flexibility index (Phi) is 5.87. The van der Waals surface area contributed by atoms with Crippen LogP contribution in [0.2, 0.25) is 0 Å². The van der Waals surface area contributed by atoms with Crippen LogP contribution >= 0.6 is 0 Å². The quantitative estimate of drug-likeness (QED) is 0.766. The van der Waals surface area contributed by atoms with Crippen LogP contribution in [-0.4, -0.2) is 40.4 Å². The molecule has 2 aromatic rings. The molecule has 1 saturated heterocycles. The van der Waals surface area contributed by atoms with Gasteiger partial charge in [0.2, 0.25) is 5.95 Å². The molecule has 0 unspecified atom stereocenters. The van der Waals surface area contributed by atoms with Gasteiger partial charge >= 0.3 is 0 Å². The zero-order chi connectivity index (χ0) is 19.2. The molecule has 2 heterocycles. The lowest BCUT2D eigenvalue weighted by Crippen LogP contribution is -2.45. The number of hydrogen-bond donors (Lipinski definition) is 2. The lowest BCUT2D eigenvalue weighted by molar-refractivity contribution is 0.350. The Balaban J connectivity index is 2.09. The summed E-state index contributed by atoms with van der Waals surface area (Å²) in [6.07, 6.45) is 3.31. The molecule has 0 saturated carbocycles. The number of rotatable bonds is 3. The lowest BCUT2D eigenvalue weighted by Gasteiger charge is -2.33. The van der Waals surface area contributed by atoms with E-state index in [1.165, 1.54) is 10.8 Å². The van der Waals surface area contributed by atoms with E-state index in [1.807, 2.05) is 17.0 Å². The minimum Gasteiger partial charge on any atom is -0.384 e. The molecule has 0 spiro atoms. The van der Waals surface area contributed by atoms with Crippen LogP contribution in [0.15, 0.2) is 35.3 Å². The van der Waals surface area contributed by atoms with Crippen LogP contribution in [0, 0.1) is 23.2 Å². The molecule has 3 N–H and O–H groups in total.